The van der Waals surface area contributed by atoms with Gasteiger partial charge in [-0.2, -0.15) is 5.26 Å². The van der Waals surface area contributed by atoms with Gasteiger partial charge in [-0.25, -0.2) is 4.79 Å². The van der Waals surface area contributed by atoms with Gasteiger partial charge in [-0.15, -0.1) is 0 Å². The molecule has 0 heterocycles. The average Bonchev–Trinajstić information content (AvgIpc) is 2.65. The van der Waals surface area contributed by atoms with Crippen molar-refractivity contribution in [2.75, 3.05) is 7.05 Å². The quantitative estimate of drug-likeness (QED) is 0.390. The summed E-state index contributed by atoms with van der Waals surface area (Å²) < 4.78 is 6.58. The minimum absolute atomic E-state index is 0.0236. The zero-order chi connectivity index (χ0) is 19.1. The maximum Gasteiger partial charge on any atom is 0.335 e. The molecule has 26 heavy (non-hydrogen) atoms. The number of hydrogen-bond donors (Lipinski definition) is 2. The number of carbonyl (C=O) groups is 2. The molecule has 0 spiro atoms. The van der Waals surface area contributed by atoms with Crippen LogP contribution in [0.2, 0.25) is 0 Å². The van der Waals surface area contributed by atoms with Gasteiger partial charge in [0, 0.05) is 7.05 Å². The maximum absolute atomic E-state index is 11.6. The fourth-order valence-corrected chi connectivity index (χ4v) is 2.77. The minimum atomic E-state index is -0.968. The minimum Gasteiger partial charge on any atom is -0.488 e. The van der Waals surface area contributed by atoms with E-state index in [1.165, 1.54) is 25.3 Å². The molecule has 0 fully saturated rings. The summed E-state index contributed by atoms with van der Waals surface area (Å²) in [6.07, 6.45) is 1.51. The maximum atomic E-state index is 11.6. The van der Waals surface area contributed by atoms with E-state index in [9.17, 15) is 9.59 Å². The van der Waals surface area contributed by atoms with E-state index in [0.29, 0.717) is 17.9 Å². The van der Waals surface area contributed by atoms with E-state index < -0.39 is 11.9 Å². The van der Waals surface area contributed by atoms with Crippen molar-refractivity contribution in [1.82, 2.24) is 5.32 Å². The molecule has 0 saturated heterocycles. The van der Waals surface area contributed by atoms with E-state index in [4.69, 9.17) is 15.1 Å². The SMILES string of the molecule is CNC(=O)/C(C#N)=C\c1ccc(OCc2ccc(C(=O)O)cc2)c(I)c1. The fourth-order valence-electron chi connectivity index (χ4n) is 2.08. The van der Waals surface area contributed by atoms with Crippen LogP contribution in [0.25, 0.3) is 6.08 Å². The second-order valence-electron chi connectivity index (χ2n) is 5.23. The second-order valence-corrected chi connectivity index (χ2v) is 6.39. The second kappa shape index (κ2) is 9.01. The molecule has 0 saturated carbocycles. The normalized spacial score (nSPS) is 10.7. The van der Waals surface area contributed by atoms with Crippen molar-refractivity contribution in [3.8, 4) is 11.8 Å². The highest BCUT2D eigenvalue weighted by Gasteiger charge is 2.08. The van der Waals surface area contributed by atoms with E-state index in [1.54, 1.807) is 24.3 Å². The molecule has 132 valence electrons. The first kappa shape index (κ1) is 19.5. The third-order valence-corrected chi connectivity index (χ3v) is 4.30. The van der Waals surface area contributed by atoms with Gasteiger partial charge < -0.3 is 15.2 Å². The van der Waals surface area contributed by atoms with Crippen LogP contribution in [0.15, 0.2) is 48.0 Å². The van der Waals surface area contributed by atoms with Gasteiger partial charge in [0.15, 0.2) is 0 Å². The van der Waals surface area contributed by atoms with Crippen molar-refractivity contribution in [2.24, 2.45) is 0 Å². The predicted octanol–water partition coefficient (Wildman–Crippen LogP) is 3.22. The molecule has 0 aliphatic heterocycles. The summed E-state index contributed by atoms with van der Waals surface area (Å²) in [4.78, 5) is 22.4. The van der Waals surface area contributed by atoms with Crippen LogP contribution in [-0.4, -0.2) is 24.0 Å². The molecule has 1 amide bonds. The summed E-state index contributed by atoms with van der Waals surface area (Å²) in [5, 5.41) is 20.3. The van der Waals surface area contributed by atoms with Crippen LogP contribution in [0.3, 0.4) is 0 Å². The first-order valence-corrected chi connectivity index (χ1v) is 8.61. The Kier molecular flexibility index (Phi) is 6.74. The number of carboxylic acids is 1. The number of hydrogen-bond acceptors (Lipinski definition) is 4. The van der Waals surface area contributed by atoms with E-state index in [2.05, 4.69) is 27.9 Å². The Morgan fingerprint density at radius 2 is 1.96 bits per heavy atom. The summed E-state index contributed by atoms with van der Waals surface area (Å²) >= 11 is 2.11. The molecular formula is C19H15IN2O4. The Balaban J connectivity index is 2.10. The third kappa shape index (κ3) is 5.07. The van der Waals surface area contributed by atoms with Crippen LogP contribution in [0.1, 0.15) is 21.5 Å². The van der Waals surface area contributed by atoms with Gasteiger partial charge in [-0.3, -0.25) is 4.79 Å². The van der Waals surface area contributed by atoms with Gasteiger partial charge in [0.1, 0.15) is 24.0 Å². The van der Waals surface area contributed by atoms with E-state index in [1.807, 2.05) is 12.1 Å². The number of nitriles is 1. The summed E-state index contributed by atoms with van der Waals surface area (Å²) in [7, 11) is 1.47. The predicted molar refractivity (Wildman–Crippen MR) is 105 cm³/mol. The molecule has 0 aliphatic carbocycles. The molecular weight excluding hydrogens is 447 g/mol. The number of carbonyl (C=O) groups excluding carboxylic acids is 1. The number of nitrogens with one attached hydrogen (secondary N) is 1. The number of aromatic carboxylic acids is 1. The van der Waals surface area contributed by atoms with E-state index >= 15 is 0 Å². The molecule has 0 radical (unpaired) electrons. The Morgan fingerprint density at radius 3 is 2.50 bits per heavy atom. The lowest BCUT2D eigenvalue weighted by Gasteiger charge is -2.09. The van der Waals surface area contributed by atoms with E-state index in [0.717, 1.165) is 9.13 Å². The summed E-state index contributed by atoms with van der Waals surface area (Å²) in [5.41, 5.74) is 1.81. The van der Waals surface area contributed by atoms with Gasteiger partial charge in [-0.1, -0.05) is 18.2 Å². The first-order valence-electron chi connectivity index (χ1n) is 7.53. The van der Waals surface area contributed by atoms with Gasteiger partial charge in [0.25, 0.3) is 5.91 Å². The van der Waals surface area contributed by atoms with Gasteiger partial charge in [0.05, 0.1) is 9.13 Å². The molecule has 2 N–H and O–H groups in total. The zero-order valence-electron chi connectivity index (χ0n) is 13.8. The Hall–Kier alpha value is -2.86. The Labute approximate surface area is 164 Å². The molecule has 2 aromatic rings. The molecule has 0 unspecified atom stereocenters. The molecule has 0 bridgehead atoms. The first-order chi connectivity index (χ1) is 12.4. The lowest BCUT2D eigenvalue weighted by Crippen LogP contribution is -2.19. The number of benzene rings is 2. The highest BCUT2D eigenvalue weighted by molar-refractivity contribution is 14.1. The fraction of sp³-hybridized carbons (Fsp3) is 0.105. The van der Waals surface area contributed by atoms with Crippen LogP contribution in [-0.2, 0) is 11.4 Å². The van der Waals surface area contributed by atoms with Crippen molar-refractivity contribution < 1.29 is 19.4 Å². The van der Waals surface area contributed by atoms with Crippen molar-refractivity contribution in [2.45, 2.75) is 6.61 Å². The van der Waals surface area contributed by atoms with Crippen LogP contribution in [0.5, 0.6) is 5.75 Å². The molecule has 0 atom stereocenters. The van der Waals surface area contributed by atoms with Crippen molar-refractivity contribution in [3.63, 3.8) is 0 Å². The monoisotopic (exact) mass is 462 g/mol. The lowest BCUT2D eigenvalue weighted by atomic mass is 10.1. The summed E-state index contributed by atoms with van der Waals surface area (Å²) in [5.74, 6) is -0.750. The lowest BCUT2D eigenvalue weighted by molar-refractivity contribution is -0.116. The largest absolute Gasteiger partial charge is 0.488 e. The number of halogens is 1. The topological polar surface area (TPSA) is 99.4 Å². The number of amides is 1. The van der Waals surface area contributed by atoms with Crippen LogP contribution < -0.4 is 10.1 Å². The third-order valence-electron chi connectivity index (χ3n) is 3.45. The molecule has 0 aliphatic rings. The van der Waals surface area contributed by atoms with Crippen molar-refractivity contribution in [3.05, 3.63) is 68.3 Å². The highest BCUT2D eigenvalue weighted by atomic mass is 127. The van der Waals surface area contributed by atoms with Crippen LogP contribution >= 0.6 is 22.6 Å². The van der Waals surface area contributed by atoms with Crippen LogP contribution in [0.4, 0.5) is 0 Å². The van der Waals surface area contributed by atoms with Gasteiger partial charge in [-0.05, 0) is 64.1 Å². The van der Waals surface area contributed by atoms with E-state index in [-0.39, 0.29) is 11.1 Å². The number of rotatable bonds is 6. The number of carboxylic acid groups (broad SMARTS) is 1. The van der Waals surface area contributed by atoms with Gasteiger partial charge in [0.2, 0.25) is 0 Å². The average molecular weight is 462 g/mol. The molecule has 2 aromatic carbocycles. The molecule has 6 nitrogen and oxygen atoms in total. The highest BCUT2D eigenvalue weighted by Crippen LogP contribution is 2.24. The van der Waals surface area contributed by atoms with Crippen molar-refractivity contribution >= 4 is 40.5 Å². The summed E-state index contributed by atoms with van der Waals surface area (Å²) in [6.45, 7) is 0.298. The smallest absolute Gasteiger partial charge is 0.335 e. The van der Waals surface area contributed by atoms with Gasteiger partial charge >= 0.3 is 5.97 Å². The number of nitrogens with zero attached hydrogens (tertiary/aromatic N) is 1. The summed E-state index contributed by atoms with van der Waals surface area (Å²) in [6, 6.07) is 13.7. The molecule has 7 heteroatoms. The van der Waals surface area contributed by atoms with Crippen molar-refractivity contribution in [1.29, 1.82) is 5.26 Å². The number of likely N-dealkylation sites (N-methyl/N-ethyl adjacent to an activating group) is 1. The Morgan fingerprint density at radius 1 is 1.27 bits per heavy atom. The van der Waals surface area contributed by atoms with Crippen LogP contribution in [0, 0.1) is 14.9 Å². The molecule has 0 aromatic heterocycles. The number of ether oxygens (including phenoxy) is 1. The zero-order valence-corrected chi connectivity index (χ0v) is 16.0. The standard InChI is InChI=1S/C19H15IN2O4/c1-22-18(23)15(10-21)8-13-4-7-17(16(20)9-13)26-11-12-2-5-14(6-3-12)19(24)25/h2-9H,11H2,1H3,(H,22,23)(H,24,25)/b15-8-. The molecule has 2 rings (SSSR count). The Bertz CT molecular complexity index is 899.